The van der Waals surface area contributed by atoms with Crippen LogP contribution < -0.4 is 15.0 Å². The molecular weight excluding hydrogens is 498 g/mol. The number of nitrogens with zero attached hydrogens (tertiary/aromatic N) is 2. The van der Waals surface area contributed by atoms with Gasteiger partial charge in [0, 0.05) is 18.2 Å². The number of methoxy groups -OCH3 is 2. The molecule has 1 fully saturated rings. The van der Waals surface area contributed by atoms with Crippen molar-refractivity contribution in [2.24, 2.45) is 11.0 Å². The Bertz CT molecular complexity index is 1450. The van der Waals surface area contributed by atoms with Crippen LogP contribution >= 0.6 is 0 Å². The van der Waals surface area contributed by atoms with Gasteiger partial charge in [0.15, 0.2) is 6.61 Å². The van der Waals surface area contributed by atoms with Crippen molar-refractivity contribution in [1.82, 2.24) is 9.99 Å². The van der Waals surface area contributed by atoms with Crippen LogP contribution in [0.2, 0.25) is 0 Å². The number of esters is 1. The van der Waals surface area contributed by atoms with Crippen molar-refractivity contribution >= 4 is 23.7 Å². The van der Waals surface area contributed by atoms with Crippen LogP contribution in [0, 0.1) is 5.92 Å². The van der Waals surface area contributed by atoms with E-state index in [1.165, 1.54) is 23.3 Å². The van der Waals surface area contributed by atoms with Crippen molar-refractivity contribution in [3.8, 4) is 11.5 Å². The molecule has 0 saturated heterocycles. The molecule has 2 unspecified atom stereocenters. The van der Waals surface area contributed by atoms with Gasteiger partial charge in [-0.1, -0.05) is 24.3 Å². The van der Waals surface area contributed by atoms with Gasteiger partial charge in [0.05, 0.1) is 31.5 Å². The first kappa shape index (κ1) is 26.0. The van der Waals surface area contributed by atoms with Crippen LogP contribution in [-0.4, -0.2) is 48.4 Å². The standard InChI is InChI=1S/C30H29N3O6/c1-37-23-11-6-19(7-12-23)16-21-4-3-5-25-28(21)32-33(29(25)20-8-13-24(38-2)14-9-20)27(35)18-39-30(36)22-10-15-26(34)31-17-22/h6-17,25,29H,3-5,18H2,1-2H3,(H,31,34). The number of fused-ring (bicyclic) bond motifs is 1. The molecular formula is C30H29N3O6. The Morgan fingerprint density at radius 3 is 2.33 bits per heavy atom. The Morgan fingerprint density at radius 2 is 1.69 bits per heavy atom. The van der Waals surface area contributed by atoms with Gasteiger partial charge >= 0.3 is 5.97 Å². The van der Waals surface area contributed by atoms with E-state index in [1.807, 2.05) is 48.5 Å². The number of pyridine rings is 1. The first-order valence-electron chi connectivity index (χ1n) is 12.7. The van der Waals surface area contributed by atoms with Crippen LogP contribution in [0.4, 0.5) is 0 Å². The topological polar surface area (TPSA) is 110 Å². The first-order chi connectivity index (χ1) is 19.0. The zero-order valence-corrected chi connectivity index (χ0v) is 21.8. The number of benzene rings is 2. The normalized spacial score (nSPS) is 19.3. The van der Waals surface area contributed by atoms with Gasteiger partial charge < -0.3 is 19.2 Å². The summed E-state index contributed by atoms with van der Waals surface area (Å²) < 4.78 is 15.9. The molecule has 2 atom stereocenters. The maximum Gasteiger partial charge on any atom is 0.340 e. The average molecular weight is 528 g/mol. The zero-order valence-electron chi connectivity index (χ0n) is 21.8. The molecule has 9 heteroatoms. The summed E-state index contributed by atoms with van der Waals surface area (Å²) in [4.78, 5) is 39.6. The van der Waals surface area contributed by atoms with E-state index in [0.717, 1.165) is 47.4 Å². The van der Waals surface area contributed by atoms with Crippen molar-refractivity contribution in [2.75, 3.05) is 20.8 Å². The van der Waals surface area contributed by atoms with E-state index in [0.29, 0.717) is 5.75 Å². The molecule has 9 nitrogen and oxygen atoms in total. The predicted molar refractivity (Wildman–Crippen MR) is 146 cm³/mol. The molecule has 0 spiro atoms. The third-order valence-electron chi connectivity index (χ3n) is 7.02. The zero-order chi connectivity index (χ0) is 27.4. The second kappa shape index (κ2) is 11.4. The van der Waals surface area contributed by atoms with E-state index in [1.54, 1.807) is 14.2 Å². The van der Waals surface area contributed by atoms with Crippen LogP contribution in [0.1, 0.15) is 46.8 Å². The van der Waals surface area contributed by atoms with E-state index in [9.17, 15) is 14.4 Å². The van der Waals surface area contributed by atoms with Crippen molar-refractivity contribution in [3.63, 3.8) is 0 Å². The minimum absolute atomic E-state index is 0.00417. The number of ether oxygens (including phenoxy) is 3. The number of carbonyl (C=O) groups excluding carboxylic acids is 2. The Kier molecular flexibility index (Phi) is 7.58. The summed E-state index contributed by atoms with van der Waals surface area (Å²) in [6.07, 6.45) is 6.05. The minimum Gasteiger partial charge on any atom is -0.497 e. The van der Waals surface area contributed by atoms with Gasteiger partial charge in [0.1, 0.15) is 11.5 Å². The van der Waals surface area contributed by atoms with Crippen molar-refractivity contribution in [3.05, 3.63) is 99.5 Å². The van der Waals surface area contributed by atoms with Crippen LogP contribution in [0.3, 0.4) is 0 Å². The summed E-state index contributed by atoms with van der Waals surface area (Å²) in [5.41, 5.74) is 3.72. The number of hydrogen-bond acceptors (Lipinski definition) is 7. The third kappa shape index (κ3) is 5.62. The number of aromatic amines is 1. The van der Waals surface area contributed by atoms with E-state index < -0.39 is 18.5 Å². The van der Waals surface area contributed by atoms with E-state index in [-0.39, 0.29) is 23.1 Å². The summed E-state index contributed by atoms with van der Waals surface area (Å²) in [7, 11) is 3.24. The van der Waals surface area contributed by atoms with Gasteiger partial charge in [-0.2, -0.15) is 5.10 Å². The number of allylic oxidation sites excluding steroid dienone is 1. The van der Waals surface area contributed by atoms with Crippen LogP contribution in [0.15, 0.2) is 82.3 Å². The highest BCUT2D eigenvalue weighted by molar-refractivity contribution is 6.08. The lowest BCUT2D eigenvalue weighted by Gasteiger charge is -2.29. The number of H-pyrrole nitrogens is 1. The molecule has 39 heavy (non-hydrogen) atoms. The molecule has 3 aromatic rings. The smallest absolute Gasteiger partial charge is 0.340 e. The summed E-state index contributed by atoms with van der Waals surface area (Å²) in [5.74, 6) is 0.360. The molecule has 1 saturated carbocycles. The number of hydrazone groups is 1. The van der Waals surface area contributed by atoms with Gasteiger partial charge in [-0.25, -0.2) is 9.80 Å². The number of carbonyl (C=O) groups is 2. The maximum atomic E-state index is 13.4. The monoisotopic (exact) mass is 527 g/mol. The van der Waals surface area contributed by atoms with Gasteiger partial charge in [0.2, 0.25) is 5.56 Å². The molecule has 1 aliphatic heterocycles. The average Bonchev–Trinajstić information content (AvgIpc) is 3.37. The Hall–Kier alpha value is -4.66. The molecule has 1 amide bonds. The highest BCUT2D eigenvalue weighted by Gasteiger charge is 2.43. The van der Waals surface area contributed by atoms with E-state index >= 15 is 0 Å². The molecule has 0 bridgehead atoms. The lowest BCUT2D eigenvalue weighted by atomic mass is 9.77. The minimum atomic E-state index is -0.704. The number of aromatic nitrogens is 1. The Balaban J connectivity index is 1.43. The summed E-state index contributed by atoms with van der Waals surface area (Å²) >= 11 is 0. The fourth-order valence-electron chi connectivity index (χ4n) is 5.06. The maximum absolute atomic E-state index is 13.4. The fraction of sp³-hybridized carbons (Fsp3) is 0.267. The molecule has 1 aromatic heterocycles. The molecule has 1 aliphatic carbocycles. The molecule has 5 rings (SSSR count). The lowest BCUT2D eigenvalue weighted by molar-refractivity contribution is -0.137. The summed E-state index contributed by atoms with van der Waals surface area (Å²) in [6.45, 7) is -0.481. The fourth-order valence-corrected chi connectivity index (χ4v) is 5.06. The highest BCUT2D eigenvalue weighted by atomic mass is 16.5. The Labute approximate surface area is 225 Å². The summed E-state index contributed by atoms with van der Waals surface area (Å²) in [6, 6.07) is 17.7. The SMILES string of the molecule is COc1ccc(C=C2CCCC3C2=NN(C(=O)COC(=O)c2ccc(=O)[nH]c2)C3c2ccc(OC)cc2)cc1. The van der Waals surface area contributed by atoms with Crippen LogP contribution in [-0.2, 0) is 9.53 Å². The van der Waals surface area contributed by atoms with Crippen LogP contribution in [0.5, 0.6) is 11.5 Å². The number of amides is 1. The molecule has 1 N–H and O–H groups in total. The second-order valence-electron chi connectivity index (χ2n) is 9.40. The first-order valence-corrected chi connectivity index (χ1v) is 12.7. The Morgan fingerprint density at radius 1 is 1.00 bits per heavy atom. The van der Waals surface area contributed by atoms with Crippen molar-refractivity contribution in [2.45, 2.75) is 25.3 Å². The van der Waals surface area contributed by atoms with E-state index in [2.05, 4.69) is 11.1 Å². The lowest BCUT2D eigenvalue weighted by Crippen LogP contribution is -2.34. The predicted octanol–water partition coefficient (Wildman–Crippen LogP) is 4.37. The molecule has 2 aromatic carbocycles. The van der Waals surface area contributed by atoms with Gasteiger partial charge in [-0.3, -0.25) is 9.59 Å². The second-order valence-corrected chi connectivity index (χ2v) is 9.40. The van der Waals surface area contributed by atoms with Crippen molar-refractivity contribution in [1.29, 1.82) is 0 Å². The number of hydrogen-bond donors (Lipinski definition) is 1. The highest BCUT2D eigenvalue weighted by Crippen LogP contribution is 2.44. The van der Waals surface area contributed by atoms with Crippen LogP contribution in [0.25, 0.3) is 6.08 Å². The molecule has 2 aliphatic rings. The molecule has 0 radical (unpaired) electrons. The van der Waals surface area contributed by atoms with Gasteiger partial charge in [0.25, 0.3) is 5.91 Å². The molecule has 2 heterocycles. The third-order valence-corrected chi connectivity index (χ3v) is 7.02. The quantitative estimate of drug-likeness (QED) is 0.457. The number of rotatable bonds is 7. The van der Waals surface area contributed by atoms with Gasteiger partial charge in [-0.05, 0) is 72.4 Å². The molecule has 200 valence electrons. The van der Waals surface area contributed by atoms with E-state index in [4.69, 9.17) is 19.3 Å². The largest absolute Gasteiger partial charge is 0.497 e. The summed E-state index contributed by atoms with van der Waals surface area (Å²) in [5, 5.41) is 6.27. The van der Waals surface area contributed by atoms with Gasteiger partial charge in [-0.15, -0.1) is 0 Å². The number of nitrogens with one attached hydrogen (secondary N) is 1. The van der Waals surface area contributed by atoms with Crippen molar-refractivity contribution < 1.29 is 23.8 Å².